The maximum atomic E-state index is 14.6. The average molecular weight is 1370 g/mol. The number of nitrogens with zero attached hydrogens (tertiary/aromatic N) is 6. The first-order valence-corrected chi connectivity index (χ1v) is 35.3. The largest absolute Gasteiger partial charge is 0.488 e. The van der Waals surface area contributed by atoms with Crippen molar-refractivity contribution < 1.29 is 72.7 Å². The van der Waals surface area contributed by atoms with Crippen LogP contribution in [0.15, 0.2) is 53.3 Å². The summed E-state index contributed by atoms with van der Waals surface area (Å²) in [6.45, 7) is 21.8. The van der Waals surface area contributed by atoms with Crippen molar-refractivity contribution in [3.63, 3.8) is 0 Å². The van der Waals surface area contributed by atoms with Gasteiger partial charge >= 0.3 is 14.0 Å². The maximum absolute atomic E-state index is 14.6. The molecule has 6 fully saturated rings. The summed E-state index contributed by atoms with van der Waals surface area (Å²) < 4.78 is 136. The summed E-state index contributed by atoms with van der Waals surface area (Å²) in [5, 5.41) is 1.79. The number of morpholine rings is 2. The molecule has 4 aromatic heterocycles. The van der Waals surface area contributed by atoms with Gasteiger partial charge in [-0.2, -0.15) is 4.98 Å². The van der Waals surface area contributed by atoms with Gasteiger partial charge < -0.3 is 66.8 Å². The lowest BCUT2D eigenvalue weighted by Gasteiger charge is -2.38. The number of anilines is 2. The van der Waals surface area contributed by atoms with E-state index in [1.807, 2.05) is 67.5 Å². The van der Waals surface area contributed by atoms with Crippen molar-refractivity contribution in [2.24, 2.45) is 0 Å². The number of ether oxygens (including phenoxy) is 6. The standard InChI is InChI=1S/C24H27FN4O5S.C16H22ClN3O5S.C12H24B2O4.C8H5BrFN/c1-35(30,31)24(4-9-32-10-5-24)21-20-23(29-7-11-33-14-16(29)3-8-34-20)28-22(27-21)18-12-15(25)13-19-17(18)2-6-26-19;1-26(21,22)16(3-7-23-8-4-16)13-12-14(19-15(17)18-13)20-5-9-24-10-11(20)2-6-25-12;1-9(2)10(3,4)16-13(15-9)14-17-11(5,6)12(7,8)18-14;9-7-3-5(10)4-8-6(7)1-2-11-8/h2,6,12-13,16,26H,3-5,7-11,14H2,1H3;11H,2-10H2,1H3;1-8H3;1-4,11H. The number of rotatable bonds is 6. The van der Waals surface area contributed by atoms with Crippen LogP contribution in [-0.4, -0.2) is 187 Å². The van der Waals surface area contributed by atoms with E-state index in [0.29, 0.717) is 144 Å². The molecule has 2 N–H and O–H groups in total. The lowest BCUT2D eigenvalue weighted by atomic mass is 9.49. The number of aromatic nitrogens is 6. The molecule has 0 aliphatic carbocycles. The van der Waals surface area contributed by atoms with Gasteiger partial charge in [0.1, 0.15) is 32.5 Å². The summed E-state index contributed by atoms with van der Waals surface area (Å²) in [6.07, 6.45) is 8.64. The molecule has 2 atom stereocenters. The van der Waals surface area contributed by atoms with Gasteiger partial charge in [0.05, 0.1) is 74.1 Å². The highest BCUT2D eigenvalue weighted by Crippen LogP contribution is 2.50. The van der Waals surface area contributed by atoms with Crippen LogP contribution in [0.4, 0.5) is 20.4 Å². The lowest BCUT2D eigenvalue weighted by Crippen LogP contribution is -2.46. The number of nitrogens with one attached hydrogen (secondary N) is 2. The van der Waals surface area contributed by atoms with Crippen molar-refractivity contribution in [3.05, 3.63) is 81.6 Å². The third-order valence-corrected chi connectivity index (χ3v) is 24.0. The number of hydrogen-bond donors (Lipinski definition) is 2. The van der Waals surface area contributed by atoms with E-state index in [2.05, 4.69) is 45.7 Å². The Morgan fingerprint density at radius 3 is 1.46 bits per heavy atom. The minimum Gasteiger partial charge on any atom is -0.488 e. The molecular formula is C60H78B2BrClF2N8O14S2. The minimum absolute atomic E-state index is 0.0315. The fraction of sp³-hybridized carbons (Fsp3) is 0.600. The molecule has 6 saturated heterocycles. The molecule has 2 aromatic carbocycles. The molecular weight excluding hydrogens is 1300 g/mol. The molecule has 8 aliphatic heterocycles. The zero-order valence-corrected chi connectivity index (χ0v) is 56.4. The van der Waals surface area contributed by atoms with E-state index in [4.69, 9.17) is 68.6 Å². The number of halogens is 4. The van der Waals surface area contributed by atoms with Crippen LogP contribution in [0.5, 0.6) is 11.5 Å². The van der Waals surface area contributed by atoms with Gasteiger partial charge in [0.15, 0.2) is 48.6 Å². The van der Waals surface area contributed by atoms with Gasteiger partial charge in [-0.15, -0.1) is 0 Å². The van der Waals surface area contributed by atoms with Crippen molar-refractivity contribution in [2.75, 3.05) is 101 Å². The van der Waals surface area contributed by atoms with E-state index >= 15 is 0 Å². The molecule has 90 heavy (non-hydrogen) atoms. The zero-order valence-electron chi connectivity index (χ0n) is 52.4. The molecule has 488 valence electrons. The second-order valence-electron chi connectivity index (χ2n) is 25.9. The Morgan fingerprint density at radius 2 is 0.989 bits per heavy atom. The second-order valence-corrected chi connectivity index (χ2v) is 31.7. The maximum Gasteiger partial charge on any atom is 0.488 e. The van der Waals surface area contributed by atoms with E-state index in [0.717, 1.165) is 27.2 Å². The van der Waals surface area contributed by atoms with Gasteiger partial charge in [0.25, 0.3) is 0 Å². The molecule has 12 heterocycles. The van der Waals surface area contributed by atoms with E-state index < -0.39 is 49.0 Å². The van der Waals surface area contributed by atoms with E-state index in [9.17, 15) is 25.6 Å². The highest BCUT2D eigenvalue weighted by atomic mass is 79.9. The molecule has 2 unspecified atom stereocenters. The Morgan fingerprint density at radius 1 is 0.567 bits per heavy atom. The SMILES string of the molecule is CC1(C)OB(B2OC(C)(C)C(C)(C)O2)OC1(C)C.CS(=O)(=O)C1(c2nc(-c3cc(F)cc4[nH]ccc34)nc3c2OCCC2COCCN32)CCOCC1.CS(=O)(=O)C1(c2nc(Cl)nc3c2OCCC2COCCN32)CCOCC1.Fc1cc(Br)c2cc[nH]c2c1. The van der Waals surface area contributed by atoms with Crippen LogP contribution in [0.1, 0.15) is 105 Å². The van der Waals surface area contributed by atoms with Gasteiger partial charge in [-0.1, -0.05) is 0 Å². The Bertz CT molecular complexity index is 3790. The molecule has 6 aromatic rings. The fourth-order valence-corrected chi connectivity index (χ4v) is 16.1. The Kier molecular flexibility index (Phi) is 18.9. The second kappa shape index (κ2) is 25.5. The number of H-pyrrole nitrogens is 2. The Balaban J connectivity index is 0.000000133. The van der Waals surface area contributed by atoms with Crippen LogP contribution in [0, 0.1) is 11.6 Å². The highest BCUT2D eigenvalue weighted by molar-refractivity contribution is 9.10. The molecule has 22 nitrogen and oxygen atoms in total. The van der Waals surface area contributed by atoms with Crippen LogP contribution in [0.2, 0.25) is 5.28 Å². The van der Waals surface area contributed by atoms with Gasteiger partial charge in [-0.05, 0) is 145 Å². The van der Waals surface area contributed by atoms with Crippen molar-refractivity contribution in [1.29, 1.82) is 0 Å². The molecule has 14 rings (SSSR count). The van der Waals surface area contributed by atoms with Crippen molar-refractivity contribution in [2.45, 2.75) is 138 Å². The first kappa shape index (κ1) is 66.7. The van der Waals surface area contributed by atoms with E-state index in [1.165, 1.54) is 36.8 Å². The summed E-state index contributed by atoms with van der Waals surface area (Å²) in [6, 6.07) is 9.66. The summed E-state index contributed by atoms with van der Waals surface area (Å²) in [7, 11) is -8.06. The van der Waals surface area contributed by atoms with Crippen LogP contribution in [0.25, 0.3) is 33.2 Å². The number of aromatic amines is 2. The van der Waals surface area contributed by atoms with Crippen molar-refractivity contribution in [1.82, 2.24) is 29.9 Å². The van der Waals surface area contributed by atoms with Crippen molar-refractivity contribution >= 4 is 94.7 Å². The predicted octanol–water partition coefficient (Wildman–Crippen LogP) is 9.29. The third-order valence-electron chi connectivity index (χ3n) is 19.2. The van der Waals surface area contributed by atoms with Crippen LogP contribution in [0.3, 0.4) is 0 Å². The predicted molar refractivity (Wildman–Crippen MR) is 342 cm³/mol. The number of benzene rings is 2. The average Bonchev–Trinajstić information content (AvgIpc) is 0.864. The summed E-state index contributed by atoms with van der Waals surface area (Å²) in [5.41, 5.74) is 1.19. The van der Waals surface area contributed by atoms with Crippen LogP contribution >= 0.6 is 27.5 Å². The quantitative estimate of drug-likeness (QED) is 0.116. The summed E-state index contributed by atoms with van der Waals surface area (Å²) in [5.74, 6) is 1.55. The number of sulfone groups is 2. The number of hydrogen-bond acceptors (Lipinski definition) is 20. The highest BCUT2D eigenvalue weighted by Gasteiger charge is 2.64. The van der Waals surface area contributed by atoms with E-state index in [1.54, 1.807) is 12.4 Å². The van der Waals surface area contributed by atoms with Gasteiger partial charge in [-0.3, -0.25) is 0 Å². The Labute approximate surface area is 538 Å². The third kappa shape index (κ3) is 12.9. The summed E-state index contributed by atoms with van der Waals surface area (Å²) >= 11 is 9.50. The molecule has 30 heteroatoms. The van der Waals surface area contributed by atoms with Gasteiger partial charge in [0, 0.05) is 109 Å². The van der Waals surface area contributed by atoms with E-state index in [-0.39, 0.29) is 64.3 Å². The monoisotopic (exact) mass is 1370 g/mol. The molecule has 8 aliphatic rings. The van der Waals surface area contributed by atoms with Gasteiger partial charge in [0.2, 0.25) is 5.28 Å². The summed E-state index contributed by atoms with van der Waals surface area (Å²) in [4.78, 5) is 28.7. The lowest BCUT2D eigenvalue weighted by molar-refractivity contribution is 0.00578. The Hall–Kier alpha value is -4.78. The molecule has 0 saturated carbocycles. The van der Waals surface area contributed by atoms with Crippen LogP contribution < -0.4 is 19.3 Å². The normalized spacial score (nSPS) is 23.8. The van der Waals surface area contributed by atoms with Crippen LogP contribution in [-0.2, 0) is 66.7 Å². The molecule has 0 bridgehead atoms. The minimum atomic E-state index is -3.63. The first-order valence-electron chi connectivity index (χ1n) is 30.3. The topological polar surface area (TPSA) is 250 Å². The zero-order chi connectivity index (χ0) is 64.4. The molecule has 0 spiro atoms. The number of fused-ring (bicyclic) bond motifs is 8. The fourth-order valence-electron chi connectivity index (χ4n) is 12.6. The van der Waals surface area contributed by atoms with Gasteiger partial charge in [-0.25, -0.2) is 40.6 Å². The molecule has 0 amide bonds. The molecule has 0 radical (unpaired) electrons. The van der Waals surface area contributed by atoms with Crippen molar-refractivity contribution in [3.8, 4) is 22.9 Å². The first-order chi connectivity index (χ1) is 42.4. The smallest absolute Gasteiger partial charge is 0.488 e.